The van der Waals surface area contributed by atoms with Crippen molar-refractivity contribution in [3.8, 4) is 0 Å². The van der Waals surface area contributed by atoms with Gasteiger partial charge in [0, 0.05) is 32.8 Å². The molecule has 1 aromatic heterocycles. The van der Waals surface area contributed by atoms with E-state index in [2.05, 4.69) is 34.2 Å². The Morgan fingerprint density at radius 2 is 2.14 bits per heavy atom. The van der Waals surface area contributed by atoms with Crippen LogP contribution in [0.3, 0.4) is 0 Å². The van der Waals surface area contributed by atoms with Crippen molar-refractivity contribution in [1.29, 1.82) is 0 Å². The van der Waals surface area contributed by atoms with Crippen molar-refractivity contribution in [2.75, 3.05) is 37.0 Å². The summed E-state index contributed by atoms with van der Waals surface area (Å²) in [4.78, 5) is 11.4. The third kappa shape index (κ3) is 4.84. The summed E-state index contributed by atoms with van der Waals surface area (Å²) in [6.45, 7) is 7.31. The second kappa shape index (κ2) is 8.17. The summed E-state index contributed by atoms with van der Waals surface area (Å²) in [5.41, 5.74) is 0. The lowest BCUT2D eigenvalue weighted by Gasteiger charge is -2.31. The predicted octanol–water partition coefficient (Wildman–Crippen LogP) is 3.07. The number of ether oxygens (including phenoxy) is 1. The lowest BCUT2D eigenvalue weighted by Crippen LogP contribution is -2.30. The van der Waals surface area contributed by atoms with Gasteiger partial charge in [-0.3, -0.25) is 0 Å². The summed E-state index contributed by atoms with van der Waals surface area (Å²) in [6, 6.07) is 2.05. The molecule has 0 amide bonds. The molecule has 21 heavy (non-hydrogen) atoms. The molecule has 1 aromatic rings. The van der Waals surface area contributed by atoms with Gasteiger partial charge in [-0.2, -0.15) is 0 Å². The third-order valence-corrected chi connectivity index (χ3v) is 3.90. The van der Waals surface area contributed by atoms with Gasteiger partial charge >= 0.3 is 0 Å². The van der Waals surface area contributed by atoms with E-state index in [0.717, 1.165) is 42.9 Å². The molecular formula is C16H28N4O. The number of hydrogen-bond acceptors (Lipinski definition) is 5. The average molecular weight is 292 g/mol. The molecule has 0 saturated heterocycles. The molecule has 0 aromatic carbocycles. The fourth-order valence-electron chi connectivity index (χ4n) is 2.44. The van der Waals surface area contributed by atoms with Crippen LogP contribution >= 0.6 is 0 Å². The lowest BCUT2D eigenvalue weighted by molar-refractivity contribution is 0.128. The zero-order valence-corrected chi connectivity index (χ0v) is 13.6. The second-order valence-corrected chi connectivity index (χ2v) is 5.77. The summed E-state index contributed by atoms with van der Waals surface area (Å²) < 4.78 is 5.46. The van der Waals surface area contributed by atoms with Crippen LogP contribution in [-0.2, 0) is 11.3 Å². The molecule has 0 aliphatic heterocycles. The van der Waals surface area contributed by atoms with Gasteiger partial charge in [-0.05, 0) is 32.1 Å². The summed E-state index contributed by atoms with van der Waals surface area (Å²) in [5.74, 6) is 3.47. The van der Waals surface area contributed by atoms with Gasteiger partial charge in [-0.15, -0.1) is 0 Å². The van der Waals surface area contributed by atoms with Gasteiger partial charge in [-0.25, -0.2) is 9.97 Å². The number of rotatable bonds is 9. The van der Waals surface area contributed by atoms with Crippen molar-refractivity contribution in [2.24, 2.45) is 5.92 Å². The molecule has 1 aliphatic carbocycles. The maximum Gasteiger partial charge on any atom is 0.158 e. The van der Waals surface area contributed by atoms with Gasteiger partial charge in [0.1, 0.15) is 18.2 Å². The molecule has 5 heteroatoms. The Hall–Kier alpha value is -1.36. The Morgan fingerprint density at radius 3 is 2.76 bits per heavy atom. The molecule has 0 spiro atoms. The van der Waals surface area contributed by atoms with E-state index in [9.17, 15) is 0 Å². The van der Waals surface area contributed by atoms with Gasteiger partial charge in [0.25, 0.3) is 0 Å². The quantitative estimate of drug-likeness (QED) is 0.758. The van der Waals surface area contributed by atoms with Crippen molar-refractivity contribution in [3.05, 3.63) is 11.9 Å². The molecule has 1 N–H and O–H groups in total. The molecule has 0 unspecified atom stereocenters. The van der Waals surface area contributed by atoms with Crippen molar-refractivity contribution in [1.82, 2.24) is 9.97 Å². The predicted molar refractivity (Wildman–Crippen MR) is 86.8 cm³/mol. The first-order chi connectivity index (χ1) is 10.2. The minimum atomic E-state index is 0.475. The highest BCUT2D eigenvalue weighted by molar-refractivity contribution is 5.49. The average Bonchev–Trinajstić information content (AvgIpc) is 2.46. The van der Waals surface area contributed by atoms with Gasteiger partial charge in [0.15, 0.2) is 5.82 Å². The molecule has 1 aliphatic rings. The van der Waals surface area contributed by atoms with Gasteiger partial charge in [0.2, 0.25) is 0 Å². The normalized spacial score (nSPS) is 14.8. The zero-order valence-electron chi connectivity index (χ0n) is 13.6. The summed E-state index contributed by atoms with van der Waals surface area (Å²) in [7, 11) is 2.12. The highest BCUT2D eigenvalue weighted by atomic mass is 16.5. The second-order valence-electron chi connectivity index (χ2n) is 5.77. The lowest BCUT2D eigenvalue weighted by atomic mass is 9.85. The van der Waals surface area contributed by atoms with Gasteiger partial charge < -0.3 is 15.0 Å². The fourth-order valence-corrected chi connectivity index (χ4v) is 2.44. The minimum Gasteiger partial charge on any atom is -0.374 e. The van der Waals surface area contributed by atoms with E-state index in [1.54, 1.807) is 0 Å². The molecule has 0 atom stereocenters. The van der Waals surface area contributed by atoms with E-state index in [1.165, 1.54) is 19.3 Å². The Labute approximate surface area is 128 Å². The maximum absolute atomic E-state index is 5.46. The van der Waals surface area contributed by atoms with Crippen molar-refractivity contribution < 1.29 is 4.74 Å². The Kier molecular flexibility index (Phi) is 6.23. The SMILES string of the molecule is CCCNc1cc(N(C)CC2CCC2)nc(COCC)n1. The highest BCUT2D eigenvalue weighted by Crippen LogP contribution is 2.28. The molecule has 118 valence electrons. The monoisotopic (exact) mass is 292 g/mol. The van der Waals surface area contributed by atoms with Gasteiger partial charge in [-0.1, -0.05) is 13.3 Å². The number of aromatic nitrogens is 2. The summed E-state index contributed by atoms with van der Waals surface area (Å²) in [5, 5.41) is 3.35. The van der Waals surface area contributed by atoms with Crippen LogP contribution in [0.25, 0.3) is 0 Å². The summed E-state index contributed by atoms with van der Waals surface area (Å²) >= 11 is 0. The highest BCUT2D eigenvalue weighted by Gasteiger charge is 2.20. The zero-order chi connectivity index (χ0) is 15.1. The molecule has 0 bridgehead atoms. The smallest absolute Gasteiger partial charge is 0.158 e. The minimum absolute atomic E-state index is 0.475. The Morgan fingerprint density at radius 1 is 1.33 bits per heavy atom. The summed E-state index contributed by atoms with van der Waals surface area (Å²) in [6.07, 6.45) is 5.16. The van der Waals surface area contributed by atoms with E-state index in [-0.39, 0.29) is 0 Å². The van der Waals surface area contributed by atoms with Crippen LogP contribution in [0.1, 0.15) is 45.4 Å². The fraction of sp³-hybridized carbons (Fsp3) is 0.750. The molecular weight excluding hydrogens is 264 g/mol. The molecule has 5 nitrogen and oxygen atoms in total. The number of nitrogens with one attached hydrogen (secondary N) is 1. The molecule has 2 rings (SSSR count). The number of hydrogen-bond donors (Lipinski definition) is 1. The van der Waals surface area contributed by atoms with Crippen molar-refractivity contribution in [2.45, 2.75) is 46.1 Å². The first kappa shape index (κ1) is 16.0. The first-order valence-corrected chi connectivity index (χ1v) is 8.13. The molecule has 0 radical (unpaired) electrons. The van der Waals surface area contributed by atoms with E-state index in [4.69, 9.17) is 4.74 Å². The van der Waals surface area contributed by atoms with E-state index in [0.29, 0.717) is 13.2 Å². The van der Waals surface area contributed by atoms with Crippen LogP contribution in [0.5, 0.6) is 0 Å². The number of nitrogens with zero attached hydrogens (tertiary/aromatic N) is 3. The van der Waals surface area contributed by atoms with Crippen LogP contribution in [0.15, 0.2) is 6.07 Å². The van der Waals surface area contributed by atoms with Crippen LogP contribution in [0.2, 0.25) is 0 Å². The topological polar surface area (TPSA) is 50.3 Å². The maximum atomic E-state index is 5.46. The third-order valence-electron chi connectivity index (χ3n) is 3.90. The number of anilines is 2. The Balaban J connectivity index is 2.08. The van der Waals surface area contributed by atoms with Crippen LogP contribution in [0, 0.1) is 5.92 Å². The van der Waals surface area contributed by atoms with Crippen LogP contribution < -0.4 is 10.2 Å². The first-order valence-electron chi connectivity index (χ1n) is 8.13. The molecule has 1 heterocycles. The van der Waals surface area contributed by atoms with E-state index < -0.39 is 0 Å². The van der Waals surface area contributed by atoms with E-state index >= 15 is 0 Å². The Bertz CT molecular complexity index is 408. The van der Waals surface area contributed by atoms with Crippen molar-refractivity contribution >= 4 is 11.6 Å². The molecule has 1 fully saturated rings. The standard InChI is InChI=1S/C16H28N4O/c1-4-9-17-14-10-16(19-15(18-14)12-21-5-2)20(3)11-13-7-6-8-13/h10,13H,4-9,11-12H2,1-3H3,(H,17,18,19). The largest absolute Gasteiger partial charge is 0.374 e. The van der Waals surface area contributed by atoms with E-state index in [1.807, 2.05) is 13.0 Å². The van der Waals surface area contributed by atoms with Crippen molar-refractivity contribution in [3.63, 3.8) is 0 Å². The van der Waals surface area contributed by atoms with Crippen LogP contribution in [-0.4, -0.2) is 36.7 Å². The van der Waals surface area contributed by atoms with Crippen LogP contribution in [0.4, 0.5) is 11.6 Å². The molecule has 1 saturated carbocycles. The van der Waals surface area contributed by atoms with Gasteiger partial charge in [0.05, 0.1) is 0 Å².